The molecule has 0 fully saturated rings. The molecular formula is C22H29N3O6S. The Morgan fingerprint density at radius 2 is 1.78 bits per heavy atom. The van der Waals surface area contributed by atoms with E-state index in [-0.39, 0.29) is 5.56 Å². The number of amides is 2. The lowest BCUT2D eigenvalue weighted by Crippen LogP contribution is -2.47. The Labute approximate surface area is 188 Å². The Morgan fingerprint density at radius 3 is 2.41 bits per heavy atom. The molecule has 2 amide bonds. The van der Waals surface area contributed by atoms with Crippen LogP contribution in [-0.2, 0) is 14.8 Å². The van der Waals surface area contributed by atoms with Crippen molar-refractivity contribution in [2.45, 2.75) is 26.7 Å². The Balaban J connectivity index is 2.04. The zero-order chi connectivity index (χ0) is 23.7. The number of sulfonamides is 1. The van der Waals surface area contributed by atoms with Crippen LogP contribution in [0.25, 0.3) is 0 Å². The summed E-state index contributed by atoms with van der Waals surface area (Å²) in [6.07, 6.45) is 2.90. The molecule has 0 aliphatic heterocycles. The zero-order valence-corrected chi connectivity index (χ0v) is 19.5. The topological polar surface area (TPSA) is 114 Å². The van der Waals surface area contributed by atoms with Gasteiger partial charge in [-0.25, -0.2) is 8.42 Å². The Kier molecular flexibility index (Phi) is 8.89. The summed E-state index contributed by atoms with van der Waals surface area (Å²) in [5, 5.41) is 0. The van der Waals surface area contributed by atoms with Gasteiger partial charge in [0.15, 0.2) is 11.5 Å². The smallest absolute Gasteiger partial charge is 0.269 e. The number of aryl methyl sites for hydroxylation is 1. The molecule has 0 spiro atoms. The van der Waals surface area contributed by atoms with Crippen LogP contribution in [0.5, 0.6) is 11.5 Å². The monoisotopic (exact) mass is 463 g/mol. The Bertz CT molecular complexity index is 1060. The maximum atomic E-state index is 12.4. The molecule has 0 saturated heterocycles. The highest BCUT2D eigenvalue weighted by Gasteiger charge is 2.22. The van der Waals surface area contributed by atoms with Gasteiger partial charge in [-0.2, -0.15) is 0 Å². The van der Waals surface area contributed by atoms with Crippen molar-refractivity contribution < 1.29 is 27.5 Å². The summed E-state index contributed by atoms with van der Waals surface area (Å²) in [5.74, 6) is -0.372. The standard InChI is InChI=1S/C22H29N3O6S/c1-5-6-13-31-19-12-11-17(14-20(19)30-3)22(27)24-23-21(26)15-25(32(4,28)29)18-10-8-7-9-16(18)2/h7-12,14H,5-6,13,15H2,1-4H3,(H,23,26)(H,24,27). The fourth-order valence-electron chi connectivity index (χ4n) is 2.85. The Morgan fingerprint density at radius 1 is 1.06 bits per heavy atom. The molecule has 9 nitrogen and oxygen atoms in total. The molecule has 0 aliphatic rings. The minimum Gasteiger partial charge on any atom is -0.493 e. The lowest BCUT2D eigenvalue weighted by molar-refractivity contribution is -0.120. The van der Waals surface area contributed by atoms with E-state index in [9.17, 15) is 18.0 Å². The van der Waals surface area contributed by atoms with Crippen LogP contribution in [0.1, 0.15) is 35.7 Å². The molecule has 10 heteroatoms. The van der Waals surface area contributed by atoms with Crippen LogP contribution in [0, 0.1) is 6.92 Å². The quantitative estimate of drug-likeness (QED) is 0.413. The van der Waals surface area contributed by atoms with Crippen molar-refractivity contribution in [3.8, 4) is 11.5 Å². The highest BCUT2D eigenvalue weighted by Crippen LogP contribution is 2.28. The first-order valence-electron chi connectivity index (χ1n) is 10.1. The normalized spacial score (nSPS) is 10.9. The fourth-order valence-corrected chi connectivity index (χ4v) is 3.76. The van der Waals surface area contributed by atoms with Gasteiger partial charge in [-0.15, -0.1) is 0 Å². The molecule has 2 aromatic rings. The number of carbonyl (C=O) groups is 2. The second kappa shape index (κ2) is 11.4. The van der Waals surface area contributed by atoms with E-state index in [4.69, 9.17) is 9.47 Å². The highest BCUT2D eigenvalue weighted by atomic mass is 32.2. The van der Waals surface area contributed by atoms with Gasteiger partial charge >= 0.3 is 0 Å². The molecule has 0 radical (unpaired) electrons. The number of hydrogen-bond acceptors (Lipinski definition) is 6. The fraction of sp³-hybridized carbons (Fsp3) is 0.364. The largest absolute Gasteiger partial charge is 0.493 e. The molecule has 174 valence electrons. The average molecular weight is 464 g/mol. The van der Waals surface area contributed by atoms with Gasteiger partial charge in [0.2, 0.25) is 10.0 Å². The molecule has 0 bridgehead atoms. The van der Waals surface area contributed by atoms with Crippen LogP contribution in [-0.4, -0.2) is 46.7 Å². The van der Waals surface area contributed by atoms with Gasteiger partial charge in [0.05, 0.1) is 25.7 Å². The van der Waals surface area contributed by atoms with E-state index < -0.39 is 28.4 Å². The number of carbonyl (C=O) groups excluding carboxylic acids is 2. The van der Waals surface area contributed by atoms with Crippen molar-refractivity contribution >= 4 is 27.5 Å². The molecular weight excluding hydrogens is 434 g/mol. The molecule has 2 aromatic carbocycles. The number of rotatable bonds is 10. The number of hydrazine groups is 1. The summed E-state index contributed by atoms with van der Waals surface area (Å²) >= 11 is 0. The summed E-state index contributed by atoms with van der Waals surface area (Å²) in [7, 11) is -2.25. The number of anilines is 1. The number of ether oxygens (including phenoxy) is 2. The van der Waals surface area contributed by atoms with E-state index >= 15 is 0 Å². The maximum Gasteiger partial charge on any atom is 0.269 e. The molecule has 0 heterocycles. The molecule has 0 saturated carbocycles. The molecule has 0 unspecified atom stereocenters. The van der Waals surface area contributed by atoms with Gasteiger partial charge in [-0.1, -0.05) is 31.5 Å². The minimum atomic E-state index is -3.72. The number of hydrogen-bond donors (Lipinski definition) is 2. The van der Waals surface area contributed by atoms with Crippen LogP contribution in [0.3, 0.4) is 0 Å². The molecule has 32 heavy (non-hydrogen) atoms. The predicted molar refractivity (Wildman–Crippen MR) is 122 cm³/mol. The number of benzene rings is 2. The van der Waals surface area contributed by atoms with Crippen LogP contribution >= 0.6 is 0 Å². The van der Waals surface area contributed by atoms with Gasteiger partial charge in [0.25, 0.3) is 11.8 Å². The first-order valence-corrected chi connectivity index (χ1v) is 12.0. The molecule has 2 N–H and O–H groups in total. The van der Waals surface area contributed by atoms with E-state index in [0.717, 1.165) is 23.4 Å². The van der Waals surface area contributed by atoms with Crippen molar-refractivity contribution in [1.82, 2.24) is 10.9 Å². The SMILES string of the molecule is CCCCOc1ccc(C(=O)NNC(=O)CN(c2ccccc2C)S(C)(=O)=O)cc1OC. The van der Waals surface area contributed by atoms with Crippen LogP contribution in [0.4, 0.5) is 5.69 Å². The van der Waals surface area contributed by atoms with Crippen molar-refractivity contribution in [1.29, 1.82) is 0 Å². The van der Waals surface area contributed by atoms with Crippen molar-refractivity contribution in [2.75, 3.05) is 30.8 Å². The lowest BCUT2D eigenvalue weighted by atomic mass is 10.2. The van der Waals surface area contributed by atoms with Gasteiger partial charge in [-0.05, 0) is 43.2 Å². The zero-order valence-electron chi connectivity index (χ0n) is 18.7. The van der Waals surface area contributed by atoms with Crippen molar-refractivity contribution in [3.05, 3.63) is 53.6 Å². The summed E-state index contributed by atoms with van der Waals surface area (Å²) in [5.41, 5.74) is 5.86. The third-order valence-corrected chi connectivity index (χ3v) is 5.69. The Hall–Kier alpha value is -3.27. The second-order valence-corrected chi connectivity index (χ2v) is 9.03. The molecule has 0 aliphatic carbocycles. The number of methoxy groups -OCH3 is 1. The number of unbranched alkanes of at least 4 members (excludes halogenated alkanes) is 1. The van der Waals surface area contributed by atoms with Crippen LogP contribution in [0.15, 0.2) is 42.5 Å². The first kappa shape index (κ1) is 25.0. The number of para-hydroxylation sites is 1. The molecule has 2 rings (SSSR count). The number of nitrogens with one attached hydrogen (secondary N) is 2. The third-order valence-electron chi connectivity index (χ3n) is 4.57. The van der Waals surface area contributed by atoms with Gasteiger partial charge in [-0.3, -0.25) is 24.7 Å². The summed E-state index contributed by atoms with van der Waals surface area (Å²) in [6.45, 7) is 3.85. The average Bonchev–Trinajstić information content (AvgIpc) is 2.76. The summed E-state index contributed by atoms with van der Waals surface area (Å²) < 4.78 is 36.3. The van der Waals surface area contributed by atoms with Gasteiger partial charge in [0.1, 0.15) is 6.54 Å². The predicted octanol–water partition coefficient (Wildman–Crippen LogP) is 2.41. The van der Waals surface area contributed by atoms with E-state index in [2.05, 4.69) is 17.8 Å². The molecule has 0 aromatic heterocycles. The third kappa shape index (κ3) is 6.88. The van der Waals surface area contributed by atoms with Crippen molar-refractivity contribution in [3.63, 3.8) is 0 Å². The van der Waals surface area contributed by atoms with Crippen LogP contribution in [0.2, 0.25) is 0 Å². The van der Waals surface area contributed by atoms with Gasteiger partial charge in [0, 0.05) is 5.56 Å². The van der Waals surface area contributed by atoms with E-state index in [1.807, 2.05) is 0 Å². The van der Waals surface area contributed by atoms with Crippen LogP contribution < -0.4 is 24.6 Å². The van der Waals surface area contributed by atoms with E-state index in [0.29, 0.717) is 29.4 Å². The maximum absolute atomic E-state index is 12.4. The van der Waals surface area contributed by atoms with Crippen molar-refractivity contribution in [2.24, 2.45) is 0 Å². The highest BCUT2D eigenvalue weighted by molar-refractivity contribution is 7.92. The van der Waals surface area contributed by atoms with E-state index in [1.54, 1.807) is 43.3 Å². The summed E-state index contributed by atoms with van der Waals surface area (Å²) in [4.78, 5) is 24.8. The second-order valence-electron chi connectivity index (χ2n) is 7.13. The first-order chi connectivity index (χ1) is 15.2. The number of nitrogens with zero attached hydrogens (tertiary/aromatic N) is 1. The summed E-state index contributed by atoms with van der Waals surface area (Å²) in [6, 6.07) is 11.5. The van der Waals surface area contributed by atoms with E-state index in [1.165, 1.54) is 13.2 Å². The minimum absolute atomic E-state index is 0.240. The lowest BCUT2D eigenvalue weighted by Gasteiger charge is -2.23. The molecule has 0 atom stereocenters. The van der Waals surface area contributed by atoms with Gasteiger partial charge < -0.3 is 9.47 Å².